The molecule has 1 aliphatic heterocycles. The van der Waals surface area contributed by atoms with Gasteiger partial charge in [-0.2, -0.15) is 0 Å². The Hall–Kier alpha value is -1.80. The number of hydrogen-bond donors (Lipinski definition) is 1. The highest BCUT2D eigenvalue weighted by Gasteiger charge is 2.08. The first-order valence-electron chi connectivity index (χ1n) is 5.90. The van der Waals surface area contributed by atoms with E-state index in [-0.39, 0.29) is 12.4 Å². The third kappa shape index (κ3) is 2.54. The van der Waals surface area contributed by atoms with Crippen LogP contribution in [0.2, 0.25) is 0 Å². The van der Waals surface area contributed by atoms with E-state index in [1.807, 2.05) is 18.2 Å². The Morgan fingerprint density at radius 3 is 2.83 bits per heavy atom. The van der Waals surface area contributed by atoms with Crippen LogP contribution in [0.25, 0.3) is 6.08 Å². The lowest BCUT2D eigenvalue weighted by molar-refractivity contribution is 1.01. The summed E-state index contributed by atoms with van der Waals surface area (Å²) in [4.78, 5) is 4.39. The molecular formula is C15H15ClN2. The molecule has 1 N–H and O–H groups in total. The standard InChI is InChI=1S/C15H14N2.ClH/c1-2-6-12(7-3-1)15-10-13-8-4-5-9-14(13)16-11-17-15;/h2,4-11H,1,3H2,(H,16,17);1H. The zero-order valence-electron chi connectivity index (χ0n) is 9.97. The van der Waals surface area contributed by atoms with Gasteiger partial charge in [0.15, 0.2) is 0 Å². The molecule has 92 valence electrons. The molecule has 1 heterocycles. The maximum Gasteiger partial charge on any atom is 0.0930 e. The maximum atomic E-state index is 4.39. The summed E-state index contributed by atoms with van der Waals surface area (Å²) in [5.41, 5.74) is 4.54. The molecule has 2 nitrogen and oxygen atoms in total. The van der Waals surface area contributed by atoms with Crippen molar-refractivity contribution in [3.05, 3.63) is 59.3 Å². The van der Waals surface area contributed by atoms with Crippen LogP contribution in [0.1, 0.15) is 18.4 Å². The van der Waals surface area contributed by atoms with Crippen LogP contribution in [0, 0.1) is 0 Å². The number of fused-ring (bicyclic) bond motifs is 1. The average molecular weight is 259 g/mol. The van der Waals surface area contributed by atoms with E-state index in [2.05, 4.69) is 40.7 Å². The Kier molecular flexibility index (Phi) is 4.00. The van der Waals surface area contributed by atoms with Gasteiger partial charge >= 0.3 is 0 Å². The summed E-state index contributed by atoms with van der Waals surface area (Å²) >= 11 is 0. The molecule has 1 aliphatic carbocycles. The number of nitrogens with zero attached hydrogens (tertiary/aromatic N) is 1. The Morgan fingerprint density at radius 2 is 2.00 bits per heavy atom. The maximum absolute atomic E-state index is 4.39. The molecule has 0 spiro atoms. The summed E-state index contributed by atoms with van der Waals surface area (Å²) in [6, 6.07) is 8.17. The van der Waals surface area contributed by atoms with Gasteiger partial charge in [0, 0.05) is 11.3 Å². The van der Waals surface area contributed by atoms with E-state index in [0.29, 0.717) is 0 Å². The lowest BCUT2D eigenvalue weighted by Crippen LogP contribution is -2.11. The van der Waals surface area contributed by atoms with Crippen LogP contribution in [-0.2, 0) is 0 Å². The Labute approximate surface area is 113 Å². The van der Waals surface area contributed by atoms with Gasteiger partial charge < -0.3 is 5.32 Å². The molecule has 1 aromatic carbocycles. The van der Waals surface area contributed by atoms with Crippen LogP contribution in [0.4, 0.5) is 5.69 Å². The highest BCUT2D eigenvalue weighted by Crippen LogP contribution is 2.25. The Morgan fingerprint density at radius 1 is 1.11 bits per heavy atom. The normalized spacial score (nSPS) is 16.7. The molecule has 0 saturated heterocycles. The number of nitrogens with one attached hydrogen (secondary N) is 1. The summed E-state index contributed by atoms with van der Waals surface area (Å²) in [6.07, 6.45) is 12.8. The fourth-order valence-corrected chi connectivity index (χ4v) is 2.08. The van der Waals surface area contributed by atoms with E-state index in [9.17, 15) is 0 Å². The van der Waals surface area contributed by atoms with Gasteiger partial charge in [0.2, 0.25) is 0 Å². The van der Waals surface area contributed by atoms with Gasteiger partial charge in [-0.3, -0.25) is 0 Å². The number of allylic oxidation sites excluding steroid dienone is 3. The van der Waals surface area contributed by atoms with E-state index < -0.39 is 0 Å². The predicted octanol–water partition coefficient (Wildman–Crippen LogP) is 3.99. The molecule has 18 heavy (non-hydrogen) atoms. The van der Waals surface area contributed by atoms with E-state index in [0.717, 1.165) is 29.8 Å². The Bertz CT molecular complexity index is 553. The number of aliphatic imine (C=N–C) groups is 1. The SMILES string of the molecule is C1=CC(C2=Cc3ccccc3N=CN2)=CCC1.Cl. The van der Waals surface area contributed by atoms with Crippen molar-refractivity contribution in [2.45, 2.75) is 12.8 Å². The van der Waals surface area contributed by atoms with Gasteiger partial charge in [0.25, 0.3) is 0 Å². The van der Waals surface area contributed by atoms with Gasteiger partial charge in [0.05, 0.1) is 12.0 Å². The molecule has 1 aromatic rings. The van der Waals surface area contributed by atoms with Crippen molar-refractivity contribution in [2.75, 3.05) is 0 Å². The summed E-state index contributed by atoms with van der Waals surface area (Å²) in [7, 11) is 0. The molecule has 2 aliphatic rings. The van der Waals surface area contributed by atoms with Crippen LogP contribution >= 0.6 is 12.4 Å². The molecule has 0 bridgehead atoms. The van der Waals surface area contributed by atoms with Crippen LogP contribution in [-0.4, -0.2) is 6.34 Å². The molecule has 0 saturated carbocycles. The fraction of sp³-hybridized carbons (Fsp3) is 0.133. The van der Waals surface area contributed by atoms with Crippen LogP contribution in [0.15, 0.2) is 58.8 Å². The molecule has 0 atom stereocenters. The molecule has 0 radical (unpaired) electrons. The second kappa shape index (κ2) is 5.69. The van der Waals surface area contributed by atoms with Crippen LogP contribution in [0.5, 0.6) is 0 Å². The van der Waals surface area contributed by atoms with Crippen LogP contribution < -0.4 is 5.32 Å². The first kappa shape index (κ1) is 12.7. The lowest BCUT2D eigenvalue weighted by Gasteiger charge is -2.10. The first-order valence-corrected chi connectivity index (χ1v) is 5.90. The largest absolute Gasteiger partial charge is 0.346 e. The third-order valence-electron chi connectivity index (χ3n) is 2.97. The topological polar surface area (TPSA) is 24.4 Å². The quantitative estimate of drug-likeness (QED) is 0.809. The van der Waals surface area contributed by atoms with Crippen molar-refractivity contribution in [3.8, 4) is 0 Å². The van der Waals surface area contributed by atoms with Crippen molar-refractivity contribution in [2.24, 2.45) is 4.99 Å². The van der Waals surface area contributed by atoms with Gasteiger partial charge in [-0.1, -0.05) is 36.4 Å². The summed E-state index contributed by atoms with van der Waals surface area (Å²) in [6.45, 7) is 0. The van der Waals surface area contributed by atoms with Gasteiger partial charge in [-0.05, 0) is 30.6 Å². The van der Waals surface area contributed by atoms with E-state index in [1.165, 1.54) is 5.57 Å². The monoisotopic (exact) mass is 258 g/mol. The van der Waals surface area contributed by atoms with Gasteiger partial charge in [-0.15, -0.1) is 12.4 Å². The molecule has 0 amide bonds. The highest BCUT2D eigenvalue weighted by molar-refractivity contribution is 5.85. The van der Waals surface area contributed by atoms with Crippen molar-refractivity contribution < 1.29 is 0 Å². The van der Waals surface area contributed by atoms with E-state index in [4.69, 9.17) is 0 Å². The lowest BCUT2D eigenvalue weighted by atomic mass is 10.0. The number of halogens is 1. The van der Waals surface area contributed by atoms with E-state index >= 15 is 0 Å². The average Bonchev–Trinajstić information content (AvgIpc) is 2.62. The second-order valence-corrected chi connectivity index (χ2v) is 4.16. The number of para-hydroxylation sites is 1. The summed E-state index contributed by atoms with van der Waals surface area (Å²) in [5.74, 6) is 0. The molecule has 3 rings (SSSR count). The minimum atomic E-state index is 0. The minimum Gasteiger partial charge on any atom is -0.346 e. The summed E-state index contributed by atoms with van der Waals surface area (Å²) < 4.78 is 0. The van der Waals surface area contributed by atoms with Crippen LogP contribution in [0.3, 0.4) is 0 Å². The number of hydrogen-bond acceptors (Lipinski definition) is 2. The van der Waals surface area contributed by atoms with E-state index in [1.54, 1.807) is 6.34 Å². The smallest absolute Gasteiger partial charge is 0.0930 e. The molecule has 0 aromatic heterocycles. The Balaban J connectivity index is 0.00000120. The zero-order valence-corrected chi connectivity index (χ0v) is 10.8. The number of benzene rings is 1. The first-order chi connectivity index (χ1) is 8.43. The molecule has 0 unspecified atom stereocenters. The molecule has 0 fully saturated rings. The van der Waals surface area contributed by atoms with Gasteiger partial charge in [-0.25, -0.2) is 4.99 Å². The number of rotatable bonds is 1. The minimum absolute atomic E-state index is 0. The van der Waals surface area contributed by atoms with Crippen molar-refractivity contribution in [3.63, 3.8) is 0 Å². The van der Waals surface area contributed by atoms with Crippen molar-refractivity contribution >= 4 is 30.5 Å². The zero-order chi connectivity index (χ0) is 11.5. The summed E-state index contributed by atoms with van der Waals surface area (Å²) in [5, 5.41) is 3.25. The van der Waals surface area contributed by atoms with Crippen molar-refractivity contribution in [1.29, 1.82) is 0 Å². The van der Waals surface area contributed by atoms with Gasteiger partial charge in [0.1, 0.15) is 0 Å². The fourth-order valence-electron chi connectivity index (χ4n) is 2.08. The highest BCUT2D eigenvalue weighted by atomic mass is 35.5. The predicted molar refractivity (Wildman–Crippen MR) is 79.4 cm³/mol. The third-order valence-corrected chi connectivity index (χ3v) is 2.97. The second-order valence-electron chi connectivity index (χ2n) is 4.16. The molecule has 3 heteroatoms. The van der Waals surface area contributed by atoms with Crippen molar-refractivity contribution in [1.82, 2.24) is 5.32 Å². The molecular weight excluding hydrogens is 244 g/mol.